The second-order valence-electron chi connectivity index (χ2n) is 3.69. The molecule has 0 fully saturated rings. The third kappa shape index (κ3) is 2.95. The molecule has 0 aliphatic heterocycles. The molecule has 0 spiro atoms. The van der Waals surface area contributed by atoms with Gasteiger partial charge in [0, 0.05) is 0 Å². The van der Waals surface area contributed by atoms with E-state index in [1.807, 2.05) is 0 Å². The largest absolute Gasteiger partial charge is 0.480 e. The molecule has 1 unspecified atom stereocenters. The third-order valence-electron chi connectivity index (χ3n) is 2.17. The lowest BCUT2D eigenvalue weighted by Crippen LogP contribution is -2.53. The Bertz CT molecular complexity index is 309. The lowest BCUT2D eigenvalue weighted by atomic mass is 10.0. The van der Waals surface area contributed by atoms with Gasteiger partial charge in [-0.1, -0.05) is 6.92 Å². The molecule has 0 radical (unpaired) electrons. The molecule has 0 saturated carbocycles. The highest BCUT2D eigenvalue weighted by Gasteiger charge is 2.36. The Morgan fingerprint density at radius 1 is 1.50 bits per heavy atom. The summed E-state index contributed by atoms with van der Waals surface area (Å²) in [6, 6.07) is 0. The number of nitrogens with one attached hydrogen (secondary N) is 1. The average molecular weight is 223 g/mol. The van der Waals surface area contributed by atoms with Crippen molar-refractivity contribution in [3.05, 3.63) is 0 Å². The van der Waals surface area contributed by atoms with Crippen molar-refractivity contribution in [2.24, 2.45) is 0 Å². The van der Waals surface area contributed by atoms with Crippen LogP contribution in [0.3, 0.4) is 0 Å². The fourth-order valence-corrected chi connectivity index (χ4v) is 1.79. The molecule has 14 heavy (non-hydrogen) atoms. The van der Waals surface area contributed by atoms with Gasteiger partial charge in [0.15, 0.2) is 0 Å². The lowest BCUT2D eigenvalue weighted by molar-refractivity contribution is -0.143. The summed E-state index contributed by atoms with van der Waals surface area (Å²) < 4.78 is 25.1. The minimum atomic E-state index is -3.54. The van der Waals surface area contributed by atoms with E-state index < -0.39 is 26.8 Å². The van der Waals surface area contributed by atoms with Crippen LogP contribution in [-0.4, -0.2) is 30.3 Å². The van der Waals surface area contributed by atoms with Gasteiger partial charge in [-0.25, -0.2) is 8.42 Å². The zero-order valence-electron chi connectivity index (χ0n) is 8.86. The van der Waals surface area contributed by atoms with Gasteiger partial charge in [-0.15, -0.1) is 0 Å². The van der Waals surface area contributed by atoms with Crippen molar-refractivity contribution in [1.82, 2.24) is 4.72 Å². The van der Waals surface area contributed by atoms with Gasteiger partial charge in [0.1, 0.15) is 5.54 Å². The Morgan fingerprint density at radius 3 is 2.14 bits per heavy atom. The smallest absolute Gasteiger partial charge is 0.324 e. The summed E-state index contributed by atoms with van der Waals surface area (Å²) in [5.41, 5.74) is -1.41. The van der Waals surface area contributed by atoms with Crippen LogP contribution in [0.5, 0.6) is 0 Å². The van der Waals surface area contributed by atoms with Gasteiger partial charge in [-0.2, -0.15) is 4.72 Å². The van der Waals surface area contributed by atoms with Crippen LogP contribution >= 0.6 is 0 Å². The second kappa shape index (κ2) is 4.27. The van der Waals surface area contributed by atoms with E-state index in [9.17, 15) is 13.2 Å². The maximum absolute atomic E-state index is 11.4. The number of carboxylic acids is 1. The molecule has 1 atom stereocenters. The predicted molar refractivity (Wildman–Crippen MR) is 53.5 cm³/mol. The molecule has 6 heteroatoms. The van der Waals surface area contributed by atoms with Crippen molar-refractivity contribution in [3.63, 3.8) is 0 Å². The SMILES string of the molecule is CCC(C)(NS(=O)(=O)C(C)C)C(=O)O. The first-order chi connectivity index (χ1) is 6.15. The average Bonchev–Trinajstić information content (AvgIpc) is 2.02. The third-order valence-corrected chi connectivity index (χ3v) is 4.14. The van der Waals surface area contributed by atoms with E-state index in [-0.39, 0.29) is 6.42 Å². The molecular weight excluding hydrogens is 206 g/mol. The van der Waals surface area contributed by atoms with E-state index in [2.05, 4.69) is 4.72 Å². The lowest BCUT2D eigenvalue weighted by Gasteiger charge is -2.25. The van der Waals surface area contributed by atoms with E-state index in [0.29, 0.717) is 0 Å². The van der Waals surface area contributed by atoms with E-state index in [0.717, 1.165) is 0 Å². The summed E-state index contributed by atoms with van der Waals surface area (Å²) >= 11 is 0. The summed E-state index contributed by atoms with van der Waals surface area (Å²) in [5, 5.41) is 8.22. The predicted octanol–water partition coefficient (Wildman–Crippen LogP) is 0.567. The van der Waals surface area contributed by atoms with Gasteiger partial charge in [-0.05, 0) is 27.2 Å². The Hall–Kier alpha value is -0.620. The van der Waals surface area contributed by atoms with Crippen molar-refractivity contribution in [3.8, 4) is 0 Å². The quantitative estimate of drug-likeness (QED) is 0.713. The van der Waals surface area contributed by atoms with E-state index in [1.54, 1.807) is 6.92 Å². The van der Waals surface area contributed by atoms with Crippen LogP contribution in [0.2, 0.25) is 0 Å². The molecule has 0 heterocycles. The highest BCUT2D eigenvalue weighted by molar-refractivity contribution is 7.90. The molecule has 0 aromatic heterocycles. The monoisotopic (exact) mass is 223 g/mol. The Kier molecular flexibility index (Phi) is 4.08. The number of hydrogen-bond donors (Lipinski definition) is 2. The zero-order chi connectivity index (χ0) is 11.6. The van der Waals surface area contributed by atoms with E-state index >= 15 is 0 Å². The van der Waals surface area contributed by atoms with Crippen LogP contribution in [0.1, 0.15) is 34.1 Å². The van der Waals surface area contributed by atoms with Crippen LogP contribution in [-0.2, 0) is 14.8 Å². The molecule has 2 N–H and O–H groups in total. The number of carboxylic acid groups (broad SMARTS) is 1. The maximum atomic E-state index is 11.4. The van der Waals surface area contributed by atoms with Gasteiger partial charge < -0.3 is 5.11 Å². The standard InChI is InChI=1S/C8H17NO4S/c1-5-8(4,7(10)11)9-14(12,13)6(2)3/h6,9H,5H2,1-4H3,(H,10,11). The van der Waals surface area contributed by atoms with Crippen molar-refractivity contribution in [1.29, 1.82) is 0 Å². The Morgan fingerprint density at radius 2 is 1.93 bits per heavy atom. The summed E-state index contributed by atoms with van der Waals surface area (Å²) in [7, 11) is -3.54. The van der Waals surface area contributed by atoms with Crippen LogP contribution in [0, 0.1) is 0 Å². The summed E-state index contributed by atoms with van der Waals surface area (Å²) in [6.07, 6.45) is 0.203. The highest BCUT2D eigenvalue weighted by atomic mass is 32.2. The molecule has 0 aliphatic carbocycles. The van der Waals surface area contributed by atoms with Gasteiger partial charge in [-0.3, -0.25) is 4.79 Å². The maximum Gasteiger partial charge on any atom is 0.324 e. The number of aliphatic carboxylic acids is 1. The van der Waals surface area contributed by atoms with Crippen molar-refractivity contribution >= 4 is 16.0 Å². The molecule has 0 aliphatic rings. The Labute approximate surface area is 84.6 Å². The first kappa shape index (κ1) is 13.4. The molecule has 0 saturated heterocycles. The molecule has 0 bridgehead atoms. The highest BCUT2D eigenvalue weighted by Crippen LogP contribution is 2.12. The number of sulfonamides is 1. The summed E-state index contributed by atoms with van der Waals surface area (Å²) in [5.74, 6) is -1.16. The molecule has 0 rings (SSSR count). The minimum Gasteiger partial charge on any atom is -0.480 e. The first-order valence-corrected chi connectivity index (χ1v) is 5.96. The van der Waals surface area contributed by atoms with Gasteiger partial charge >= 0.3 is 5.97 Å². The molecule has 0 aromatic rings. The normalized spacial score (nSPS) is 16.6. The molecule has 0 amide bonds. The summed E-state index contributed by atoms with van der Waals surface area (Å²) in [6.45, 7) is 5.98. The van der Waals surface area contributed by atoms with Crippen molar-refractivity contribution in [2.45, 2.75) is 44.9 Å². The van der Waals surface area contributed by atoms with Crippen LogP contribution in [0.15, 0.2) is 0 Å². The van der Waals surface area contributed by atoms with Crippen molar-refractivity contribution in [2.75, 3.05) is 0 Å². The van der Waals surface area contributed by atoms with E-state index in [4.69, 9.17) is 5.11 Å². The molecule has 0 aromatic carbocycles. The van der Waals surface area contributed by atoms with Crippen LogP contribution in [0.25, 0.3) is 0 Å². The fourth-order valence-electron chi connectivity index (χ4n) is 0.699. The van der Waals surface area contributed by atoms with Crippen LogP contribution < -0.4 is 4.72 Å². The van der Waals surface area contributed by atoms with Gasteiger partial charge in [0.2, 0.25) is 10.0 Å². The number of rotatable bonds is 5. The fraction of sp³-hybridized carbons (Fsp3) is 0.875. The number of carbonyl (C=O) groups is 1. The Balaban J connectivity index is 4.90. The van der Waals surface area contributed by atoms with Gasteiger partial charge in [0.25, 0.3) is 0 Å². The molecular formula is C8H17NO4S. The second-order valence-corrected chi connectivity index (χ2v) is 5.92. The molecule has 5 nitrogen and oxygen atoms in total. The number of hydrogen-bond acceptors (Lipinski definition) is 3. The van der Waals surface area contributed by atoms with Crippen molar-refractivity contribution < 1.29 is 18.3 Å². The molecule has 84 valence electrons. The van der Waals surface area contributed by atoms with Crippen LogP contribution in [0.4, 0.5) is 0 Å². The first-order valence-electron chi connectivity index (χ1n) is 4.42. The zero-order valence-corrected chi connectivity index (χ0v) is 9.68. The topological polar surface area (TPSA) is 83.5 Å². The minimum absolute atomic E-state index is 0.203. The van der Waals surface area contributed by atoms with Gasteiger partial charge in [0.05, 0.1) is 5.25 Å². The summed E-state index contributed by atoms with van der Waals surface area (Å²) in [4.78, 5) is 10.8. The van der Waals surface area contributed by atoms with E-state index in [1.165, 1.54) is 20.8 Å².